The minimum absolute atomic E-state index is 0.403. The first kappa shape index (κ1) is 32.4. The van der Waals surface area contributed by atoms with E-state index in [1.165, 1.54) is 89.5 Å². The number of nitrogen functional groups attached to an aromatic ring is 2. The maximum absolute atomic E-state index is 6.10. The highest BCUT2D eigenvalue weighted by Crippen LogP contribution is 2.37. The van der Waals surface area contributed by atoms with Gasteiger partial charge < -0.3 is 11.5 Å². The van der Waals surface area contributed by atoms with Crippen LogP contribution in [0.15, 0.2) is 84.9 Å². The second kappa shape index (κ2) is 15.8. The number of nitrogens with two attached hydrogens (primary N) is 2. The van der Waals surface area contributed by atoms with Crippen molar-refractivity contribution in [2.24, 2.45) is 0 Å². The minimum Gasteiger partial charge on any atom is -0.399 e. The van der Waals surface area contributed by atoms with Crippen molar-refractivity contribution in [1.82, 2.24) is 0 Å². The zero-order valence-electron chi connectivity index (χ0n) is 27.3. The molecule has 0 spiro atoms. The van der Waals surface area contributed by atoms with Crippen molar-refractivity contribution < 1.29 is 0 Å². The van der Waals surface area contributed by atoms with Crippen LogP contribution >= 0.6 is 0 Å². The van der Waals surface area contributed by atoms with Crippen molar-refractivity contribution in [2.45, 2.75) is 110 Å². The fraction of sp³-hybridized carbons (Fsp3) is 0.415. The Balaban J connectivity index is 1.63. The van der Waals surface area contributed by atoms with Gasteiger partial charge in [-0.1, -0.05) is 120 Å². The van der Waals surface area contributed by atoms with Gasteiger partial charge in [-0.25, -0.2) is 0 Å². The molecule has 228 valence electrons. The van der Waals surface area contributed by atoms with Crippen LogP contribution in [0.2, 0.25) is 0 Å². The van der Waals surface area contributed by atoms with Crippen molar-refractivity contribution in [1.29, 1.82) is 0 Å². The normalized spacial score (nSPS) is 13.5. The first-order chi connectivity index (χ1) is 20.9. The van der Waals surface area contributed by atoms with E-state index in [0.29, 0.717) is 17.8 Å². The van der Waals surface area contributed by atoms with Gasteiger partial charge in [-0.2, -0.15) is 0 Å². The van der Waals surface area contributed by atoms with Crippen LogP contribution in [0.5, 0.6) is 0 Å². The van der Waals surface area contributed by atoms with Gasteiger partial charge in [-0.15, -0.1) is 0 Å². The summed E-state index contributed by atoms with van der Waals surface area (Å²) >= 11 is 0. The van der Waals surface area contributed by atoms with Crippen molar-refractivity contribution in [3.05, 3.63) is 129 Å². The van der Waals surface area contributed by atoms with E-state index in [2.05, 4.69) is 120 Å². The number of benzene rings is 4. The predicted octanol–water partition coefficient (Wildman–Crippen LogP) is 11.4. The molecule has 4 aromatic rings. The second-order valence-electron chi connectivity index (χ2n) is 12.6. The van der Waals surface area contributed by atoms with E-state index in [1.54, 1.807) is 0 Å². The second-order valence-corrected chi connectivity index (χ2v) is 12.6. The molecule has 43 heavy (non-hydrogen) atoms. The fourth-order valence-electron chi connectivity index (χ4n) is 6.85. The van der Waals surface area contributed by atoms with Crippen molar-refractivity contribution in [3.8, 4) is 0 Å². The molecule has 2 unspecified atom stereocenters. The Morgan fingerprint density at radius 2 is 0.744 bits per heavy atom. The number of aryl methyl sites for hydroxylation is 2. The van der Waals surface area contributed by atoms with Crippen LogP contribution in [0.3, 0.4) is 0 Å². The summed E-state index contributed by atoms with van der Waals surface area (Å²) in [5, 5.41) is 0. The summed E-state index contributed by atoms with van der Waals surface area (Å²) in [5.74, 6) is 1.21. The van der Waals surface area contributed by atoms with E-state index >= 15 is 0 Å². The Labute approximate surface area is 261 Å². The summed E-state index contributed by atoms with van der Waals surface area (Å²) in [6.45, 7) is 11.3. The fourth-order valence-corrected chi connectivity index (χ4v) is 6.85. The maximum Gasteiger partial charge on any atom is 0.0316 e. The Kier molecular flexibility index (Phi) is 11.9. The Morgan fingerprint density at radius 3 is 1.05 bits per heavy atom. The summed E-state index contributed by atoms with van der Waals surface area (Å²) in [4.78, 5) is 0. The quantitative estimate of drug-likeness (QED) is 0.139. The van der Waals surface area contributed by atoms with Gasteiger partial charge in [0.05, 0.1) is 0 Å². The zero-order chi connectivity index (χ0) is 30.8. The number of unbranched alkanes of at least 4 members (excludes halogenated alkanes) is 3. The predicted molar refractivity (Wildman–Crippen MR) is 188 cm³/mol. The highest BCUT2D eigenvalue weighted by Gasteiger charge is 2.20. The smallest absolute Gasteiger partial charge is 0.0316 e. The van der Waals surface area contributed by atoms with Gasteiger partial charge in [0.15, 0.2) is 0 Å². The third-order valence-corrected chi connectivity index (χ3v) is 9.36. The Bertz CT molecular complexity index is 1310. The molecule has 0 amide bonds. The van der Waals surface area contributed by atoms with E-state index in [-0.39, 0.29) is 0 Å². The molecule has 4 rings (SSSR count). The van der Waals surface area contributed by atoms with Gasteiger partial charge in [0.2, 0.25) is 0 Å². The largest absolute Gasteiger partial charge is 0.399 e. The highest BCUT2D eigenvalue weighted by atomic mass is 14.5. The average molecular weight is 575 g/mol. The lowest BCUT2D eigenvalue weighted by molar-refractivity contribution is 0.639. The molecule has 0 bridgehead atoms. The monoisotopic (exact) mass is 574 g/mol. The lowest BCUT2D eigenvalue weighted by Crippen LogP contribution is -2.07. The topological polar surface area (TPSA) is 52.0 Å². The van der Waals surface area contributed by atoms with Gasteiger partial charge in [-0.3, -0.25) is 0 Å². The maximum atomic E-state index is 6.10. The third-order valence-electron chi connectivity index (χ3n) is 9.36. The molecule has 0 radical (unpaired) electrons. The highest BCUT2D eigenvalue weighted by molar-refractivity contribution is 5.50. The molecule has 4 aromatic carbocycles. The van der Waals surface area contributed by atoms with Crippen LogP contribution in [-0.4, -0.2) is 0 Å². The van der Waals surface area contributed by atoms with E-state index in [1.807, 2.05) is 0 Å². The minimum atomic E-state index is 0.403. The molecular formula is C41H54N2. The van der Waals surface area contributed by atoms with Crippen molar-refractivity contribution in [2.75, 3.05) is 11.5 Å². The molecule has 2 nitrogen and oxygen atoms in total. The first-order valence-corrected chi connectivity index (χ1v) is 16.8. The van der Waals surface area contributed by atoms with E-state index < -0.39 is 0 Å². The van der Waals surface area contributed by atoms with Crippen molar-refractivity contribution >= 4 is 11.4 Å². The molecule has 2 heteroatoms. The van der Waals surface area contributed by atoms with Crippen LogP contribution in [-0.2, 0) is 0 Å². The summed E-state index contributed by atoms with van der Waals surface area (Å²) in [5.41, 5.74) is 24.9. The van der Waals surface area contributed by atoms with Gasteiger partial charge in [-0.05, 0) is 102 Å². The van der Waals surface area contributed by atoms with E-state index in [4.69, 9.17) is 11.5 Å². The van der Waals surface area contributed by atoms with Gasteiger partial charge in [0.1, 0.15) is 0 Å². The molecule has 0 saturated heterocycles. The number of rotatable bonds is 15. The summed E-state index contributed by atoms with van der Waals surface area (Å²) in [6, 6.07) is 32.0. The SMILES string of the molecule is CCCCC(c1ccc(C(CCCC)c2ccc(N)cc2C)cc1)c1ccc(C(CCCC)c2ccc(N)cc2C)cc1. The van der Waals surface area contributed by atoms with Crippen LogP contribution in [0.1, 0.15) is 141 Å². The molecule has 0 heterocycles. The molecular weight excluding hydrogens is 520 g/mol. The first-order valence-electron chi connectivity index (χ1n) is 16.8. The molecule has 0 aromatic heterocycles. The molecule has 0 aliphatic carbocycles. The molecule has 0 fully saturated rings. The van der Waals surface area contributed by atoms with Gasteiger partial charge in [0.25, 0.3) is 0 Å². The summed E-state index contributed by atoms with van der Waals surface area (Å²) in [7, 11) is 0. The number of hydrogen-bond acceptors (Lipinski definition) is 2. The van der Waals surface area contributed by atoms with Crippen LogP contribution in [0.4, 0.5) is 11.4 Å². The Hall–Kier alpha value is -3.52. The van der Waals surface area contributed by atoms with Crippen LogP contribution in [0.25, 0.3) is 0 Å². The average Bonchev–Trinajstić information content (AvgIpc) is 3.00. The number of hydrogen-bond donors (Lipinski definition) is 2. The van der Waals surface area contributed by atoms with Crippen LogP contribution in [0, 0.1) is 13.8 Å². The lowest BCUT2D eigenvalue weighted by Gasteiger charge is -2.24. The van der Waals surface area contributed by atoms with Gasteiger partial charge >= 0.3 is 0 Å². The molecule has 2 atom stereocenters. The Morgan fingerprint density at radius 1 is 0.442 bits per heavy atom. The third kappa shape index (κ3) is 8.31. The lowest BCUT2D eigenvalue weighted by atomic mass is 9.81. The molecule has 0 aliphatic heterocycles. The number of anilines is 2. The van der Waals surface area contributed by atoms with Gasteiger partial charge in [0, 0.05) is 29.1 Å². The summed E-state index contributed by atoms with van der Waals surface area (Å²) < 4.78 is 0. The van der Waals surface area contributed by atoms with Crippen molar-refractivity contribution in [3.63, 3.8) is 0 Å². The van der Waals surface area contributed by atoms with E-state index in [0.717, 1.165) is 24.2 Å². The van der Waals surface area contributed by atoms with Crippen LogP contribution < -0.4 is 11.5 Å². The zero-order valence-corrected chi connectivity index (χ0v) is 27.3. The molecule has 4 N–H and O–H groups in total. The molecule has 0 aliphatic rings. The standard InChI is InChI=1S/C41H54N2/c1-6-9-12-39(31-15-19-33(20-16-31)40(13-10-7-2)37-25-23-35(42)27-29(37)4)32-17-21-34(22-18-32)41(14-11-8-3)38-26-24-36(43)28-30(38)5/h15-28,39-41H,6-14,42-43H2,1-5H3. The molecule has 0 saturated carbocycles. The van der Waals surface area contributed by atoms with E-state index in [9.17, 15) is 0 Å². The summed E-state index contributed by atoms with van der Waals surface area (Å²) in [6.07, 6.45) is 10.8.